The van der Waals surface area contributed by atoms with Crippen molar-refractivity contribution in [2.45, 2.75) is 32.4 Å². The number of likely N-dealkylation sites (tertiary alicyclic amines) is 1. The molecule has 2 aromatic rings. The molecule has 0 aromatic heterocycles. The fourth-order valence-electron chi connectivity index (χ4n) is 3.44. The molecule has 1 heterocycles. The highest BCUT2D eigenvalue weighted by atomic mass is 35.5. The molecule has 5 nitrogen and oxygen atoms in total. The van der Waals surface area contributed by atoms with E-state index in [1.54, 1.807) is 12.0 Å². The van der Waals surface area contributed by atoms with Crippen LogP contribution in [0.15, 0.2) is 36.4 Å². The van der Waals surface area contributed by atoms with Gasteiger partial charge >= 0.3 is 6.09 Å². The summed E-state index contributed by atoms with van der Waals surface area (Å²) in [5.41, 5.74) is 9.94. The maximum atomic E-state index is 12.3. The second-order valence-corrected chi connectivity index (χ2v) is 7.36. The fourth-order valence-corrected chi connectivity index (χ4v) is 3.66. The molecule has 0 spiro atoms. The number of hydrogen-bond acceptors (Lipinski definition) is 4. The first kappa shape index (κ1) is 19.5. The first-order valence-corrected chi connectivity index (χ1v) is 9.38. The Hall–Kier alpha value is -2.24. The van der Waals surface area contributed by atoms with Gasteiger partial charge in [-0.3, -0.25) is 0 Å². The van der Waals surface area contributed by atoms with Crippen molar-refractivity contribution in [1.82, 2.24) is 4.90 Å². The molecule has 1 saturated heterocycles. The second-order valence-electron chi connectivity index (χ2n) is 6.95. The van der Waals surface area contributed by atoms with Crippen LogP contribution in [0.5, 0.6) is 5.75 Å². The smallest absolute Gasteiger partial charge is 0.410 e. The van der Waals surface area contributed by atoms with Gasteiger partial charge in [-0.15, -0.1) is 0 Å². The van der Waals surface area contributed by atoms with E-state index in [-0.39, 0.29) is 24.7 Å². The topological polar surface area (TPSA) is 64.8 Å². The summed E-state index contributed by atoms with van der Waals surface area (Å²) >= 11 is 6.42. The minimum Gasteiger partial charge on any atom is -0.496 e. The molecule has 0 aliphatic carbocycles. The van der Waals surface area contributed by atoms with Gasteiger partial charge in [0.15, 0.2) is 0 Å². The zero-order valence-corrected chi connectivity index (χ0v) is 16.6. The molecule has 6 heteroatoms. The zero-order valence-electron chi connectivity index (χ0n) is 15.9. The molecule has 0 bridgehead atoms. The molecule has 3 rings (SSSR count). The van der Waals surface area contributed by atoms with Crippen LogP contribution in [0.3, 0.4) is 0 Å². The molecule has 0 saturated carbocycles. The Morgan fingerprint density at radius 1 is 1.33 bits per heavy atom. The molecular formula is C21H25ClN2O3. The molecule has 27 heavy (non-hydrogen) atoms. The average Bonchev–Trinajstić information content (AvgIpc) is 2.62. The molecule has 1 atom stereocenters. The largest absolute Gasteiger partial charge is 0.496 e. The molecule has 2 N–H and O–H groups in total. The number of carbonyl (C=O) groups excluding carboxylic acids is 1. The Morgan fingerprint density at radius 3 is 2.59 bits per heavy atom. The maximum Gasteiger partial charge on any atom is 0.410 e. The minimum absolute atomic E-state index is 0.153. The van der Waals surface area contributed by atoms with Gasteiger partial charge in [0.05, 0.1) is 7.11 Å². The van der Waals surface area contributed by atoms with Gasteiger partial charge in [-0.1, -0.05) is 41.9 Å². The van der Waals surface area contributed by atoms with Crippen LogP contribution in [0.25, 0.3) is 0 Å². The van der Waals surface area contributed by atoms with Gasteiger partial charge in [0.2, 0.25) is 0 Å². The summed E-state index contributed by atoms with van der Waals surface area (Å²) < 4.78 is 11.1. The molecule has 1 aliphatic heterocycles. The predicted octanol–water partition coefficient (Wildman–Crippen LogP) is 4.41. The van der Waals surface area contributed by atoms with Crippen molar-refractivity contribution < 1.29 is 14.3 Å². The van der Waals surface area contributed by atoms with Gasteiger partial charge in [0.1, 0.15) is 12.4 Å². The predicted molar refractivity (Wildman–Crippen MR) is 106 cm³/mol. The number of amides is 1. The Bertz CT molecular complexity index is 818. The second kappa shape index (κ2) is 8.19. The SMILES string of the molecule is COc1c(C(C)N)cc(Cl)c(C)c1C1CN(C(=O)OCc2ccccc2)C1. The fraction of sp³-hybridized carbons (Fsp3) is 0.381. The van der Waals surface area contributed by atoms with E-state index < -0.39 is 0 Å². The lowest BCUT2D eigenvalue weighted by molar-refractivity contribution is 0.0658. The first-order chi connectivity index (χ1) is 12.9. The van der Waals surface area contributed by atoms with E-state index in [4.69, 9.17) is 26.8 Å². The Balaban J connectivity index is 1.69. The quantitative estimate of drug-likeness (QED) is 0.823. The Kier molecular flexibility index (Phi) is 5.92. The number of halogens is 1. The third kappa shape index (κ3) is 4.04. The zero-order chi connectivity index (χ0) is 19.6. The normalized spacial score (nSPS) is 15.2. The highest BCUT2D eigenvalue weighted by molar-refractivity contribution is 6.31. The number of ether oxygens (including phenoxy) is 2. The van der Waals surface area contributed by atoms with Crippen molar-refractivity contribution in [3.8, 4) is 5.75 Å². The maximum absolute atomic E-state index is 12.3. The summed E-state index contributed by atoms with van der Waals surface area (Å²) in [5, 5.41) is 0.670. The molecule has 144 valence electrons. The van der Waals surface area contributed by atoms with Crippen molar-refractivity contribution in [2.75, 3.05) is 20.2 Å². The van der Waals surface area contributed by atoms with Gasteiger partial charge in [0.25, 0.3) is 0 Å². The van der Waals surface area contributed by atoms with Crippen LogP contribution in [0.2, 0.25) is 5.02 Å². The van der Waals surface area contributed by atoms with Crippen LogP contribution >= 0.6 is 11.6 Å². The van der Waals surface area contributed by atoms with Crippen LogP contribution in [0.4, 0.5) is 4.79 Å². The summed E-state index contributed by atoms with van der Waals surface area (Å²) in [4.78, 5) is 14.0. The summed E-state index contributed by atoms with van der Waals surface area (Å²) in [7, 11) is 1.64. The van der Waals surface area contributed by atoms with E-state index >= 15 is 0 Å². The summed E-state index contributed by atoms with van der Waals surface area (Å²) in [6.45, 7) is 5.30. The number of methoxy groups -OCH3 is 1. The van der Waals surface area contributed by atoms with Gasteiger partial charge < -0.3 is 20.1 Å². The minimum atomic E-state index is -0.304. The Labute approximate surface area is 165 Å². The first-order valence-electron chi connectivity index (χ1n) is 9.00. The lowest BCUT2D eigenvalue weighted by Gasteiger charge is -2.40. The lowest BCUT2D eigenvalue weighted by Crippen LogP contribution is -2.49. The van der Waals surface area contributed by atoms with E-state index in [1.807, 2.05) is 50.2 Å². The molecule has 1 amide bonds. The van der Waals surface area contributed by atoms with E-state index in [0.29, 0.717) is 18.1 Å². The number of carbonyl (C=O) groups is 1. The molecule has 1 fully saturated rings. The molecule has 2 aromatic carbocycles. The monoisotopic (exact) mass is 388 g/mol. The number of nitrogens with two attached hydrogens (primary N) is 1. The van der Waals surface area contributed by atoms with Gasteiger partial charge in [-0.2, -0.15) is 0 Å². The molecule has 1 aliphatic rings. The number of nitrogens with zero attached hydrogens (tertiary/aromatic N) is 1. The van der Waals surface area contributed by atoms with Crippen molar-refractivity contribution >= 4 is 17.7 Å². The highest BCUT2D eigenvalue weighted by Crippen LogP contribution is 2.42. The molecule has 0 radical (unpaired) electrons. The summed E-state index contributed by atoms with van der Waals surface area (Å²) in [6, 6.07) is 11.3. The molecule has 1 unspecified atom stereocenters. The van der Waals surface area contributed by atoms with Gasteiger partial charge in [-0.25, -0.2) is 4.79 Å². The lowest BCUT2D eigenvalue weighted by atomic mass is 9.85. The van der Waals surface area contributed by atoms with E-state index in [9.17, 15) is 4.79 Å². The van der Waals surface area contributed by atoms with E-state index in [1.165, 1.54) is 0 Å². The van der Waals surface area contributed by atoms with E-state index in [0.717, 1.165) is 28.0 Å². The van der Waals surface area contributed by atoms with Crippen LogP contribution in [-0.4, -0.2) is 31.2 Å². The van der Waals surface area contributed by atoms with Crippen LogP contribution in [0, 0.1) is 6.92 Å². The number of rotatable bonds is 5. The summed E-state index contributed by atoms with van der Waals surface area (Å²) in [6.07, 6.45) is -0.304. The third-order valence-electron chi connectivity index (χ3n) is 5.00. The Morgan fingerprint density at radius 2 is 2.00 bits per heavy atom. The van der Waals surface area contributed by atoms with Crippen molar-refractivity contribution in [3.63, 3.8) is 0 Å². The van der Waals surface area contributed by atoms with Crippen molar-refractivity contribution in [2.24, 2.45) is 5.73 Å². The van der Waals surface area contributed by atoms with Gasteiger partial charge in [0, 0.05) is 41.2 Å². The number of hydrogen-bond donors (Lipinski definition) is 1. The number of benzene rings is 2. The van der Waals surface area contributed by atoms with Crippen molar-refractivity contribution in [3.05, 3.63) is 63.7 Å². The highest BCUT2D eigenvalue weighted by Gasteiger charge is 2.36. The summed E-state index contributed by atoms with van der Waals surface area (Å²) in [5.74, 6) is 0.926. The average molecular weight is 389 g/mol. The van der Waals surface area contributed by atoms with Gasteiger partial charge in [-0.05, 0) is 31.0 Å². The standard InChI is InChI=1S/C21H25ClN2O3/c1-13-18(22)9-17(14(2)23)20(26-3)19(13)16-10-24(11-16)21(25)27-12-15-7-5-4-6-8-15/h4-9,14,16H,10-12,23H2,1-3H3. The van der Waals surface area contributed by atoms with Crippen LogP contribution < -0.4 is 10.5 Å². The van der Waals surface area contributed by atoms with Crippen molar-refractivity contribution in [1.29, 1.82) is 0 Å². The molecular weight excluding hydrogens is 364 g/mol. The third-order valence-corrected chi connectivity index (χ3v) is 5.39. The van der Waals surface area contributed by atoms with Crippen LogP contribution in [-0.2, 0) is 11.3 Å². The van der Waals surface area contributed by atoms with E-state index in [2.05, 4.69) is 0 Å². The van der Waals surface area contributed by atoms with Crippen LogP contribution in [0.1, 0.15) is 41.1 Å².